The van der Waals surface area contributed by atoms with Gasteiger partial charge in [0.05, 0.1) is 0 Å². The highest BCUT2D eigenvalue weighted by molar-refractivity contribution is 5.65. The molecule has 15 heavy (non-hydrogen) atoms. The number of fused-ring (bicyclic) bond motifs is 1. The molecule has 0 unspecified atom stereocenters. The van der Waals surface area contributed by atoms with Gasteiger partial charge in [0.25, 0.3) is 0 Å². The maximum atomic E-state index is 4.44. The van der Waals surface area contributed by atoms with E-state index in [2.05, 4.69) is 40.2 Å². The molecule has 1 aliphatic heterocycles. The van der Waals surface area contributed by atoms with Crippen LogP contribution in [0, 0.1) is 0 Å². The molecule has 1 aromatic carbocycles. The van der Waals surface area contributed by atoms with Crippen LogP contribution in [0.1, 0.15) is 5.56 Å². The van der Waals surface area contributed by atoms with Gasteiger partial charge >= 0.3 is 0 Å². The SMILES string of the molecule is c1ccc(N2CCc3cccnc32)cc1. The zero-order chi connectivity index (χ0) is 10.1. The summed E-state index contributed by atoms with van der Waals surface area (Å²) in [6.45, 7) is 1.04. The normalized spacial score (nSPS) is 14.0. The maximum absolute atomic E-state index is 4.44. The van der Waals surface area contributed by atoms with Crippen molar-refractivity contribution in [2.75, 3.05) is 11.4 Å². The van der Waals surface area contributed by atoms with Crippen LogP contribution in [0.5, 0.6) is 0 Å². The molecule has 1 aliphatic rings. The van der Waals surface area contributed by atoms with Gasteiger partial charge in [-0.3, -0.25) is 0 Å². The van der Waals surface area contributed by atoms with Crippen molar-refractivity contribution in [3.63, 3.8) is 0 Å². The summed E-state index contributed by atoms with van der Waals surface area (Å²) < 4.78 is 0. The minimum absolute atomic E-state index is 1.04. The van der Waals surface area contributed by atoms with Crippen molar-refractivity contribution < 1.29 is 0 Å². The fraction of sp³-hybridized carbons (Fsp3) is 0.154. The monoisotopic (exact) mass is 196 g/mol. The molecule has 0 radical (unpaired) electrons. The van der Waals surface area contributed by atoms with E-state index in [1.165, 1.54) is 11.3 Å². The van der Waals surface area contributed by atoms with Crippen LogP contribution in [0.3, 0.4) is 0 Å². The number of anilines is 2. The number of rotatable bonds is 1. The summed E-state index contributed by atoms with van der Waals surface area (Å²) in [6.07, 6.45) is 2.96. The zero-order valence-electron chi connectivity index (χ0n) is 8.43. The van der Waals surface area contributed by atoms with Crippen molar-refractivity contribution in [1.29, 1.82) is 0 Å². The highest BCUT2D eigenvalue weighted by atomic mass is 15.2. The minimum Gasteiger partial charge on any atom is -0.326 e. The average Bonchev–Trinajstić information content (AvgIpc) is 2.74. The van der Waals surface area contributed by atoms with Gasteiger partial charge in [-0.25, -0.2) is 4.98 Å². The van der Waals surface area contributed by atoms with E-state index in [4.69, 9.17) is 0 Å². The molecule has 0 aliphatic carbocycles. The first-order valence-corrected chi connectivity index (χ1v) is 5.21. The molecule has 0 N–H and O–H groups in total. The first-order chi connectivity index (χ1) is 7.45. The molecular formula is C13H12N2. The van der Waals surface area contributed by atoms with Crippen molar-refractivity contribution >= 4 is 11.5 Å². The Morgan fingerprint density at radius 1 is 1.00 bits per heavy atom. The standard InChI is InChI=1S/C13H12N2/c1-2-6-12(7-3-1)15-10-8-11-5-4-9-14-13(11)15/h1-7,9H,8,10H2. The van der Waals surface area contributed by atoms with Crippen molar-refractivity contribution in [1.82, 2.24) is 4.98 Å². The maximum Gasteiger partial charge on any atom is 0.136 e. The Morgan fingerprint density at radius 2 is 1.87 bits per heavy atom. The van der Waals surface area contributed by atoms with Gasteiger partial charge in [0, 0.05) is 18.4 Å². The summed E-state index contributed by atoms with van der Waals surface area (Å²) in [5, 5.41) is 0. The average molecular weight is 196 g/mol. The molecule has 2 aromatic rings. The van der Waals surface area contributed by atoms with Crippen LogP contribution in [-0.2, 0) is 6.42 Å². The van der Waals surface area contributed by atoms with E-state index in [1.807, 2.05) is 18.3 Å². The van der Waals surface area contributed by atoms with Crippen LogP contribution in [0.4, 0.5) is 11.5 Å². The summed E-state index contributed by atoms with van der Waals surface area (Å²) in [6, 6.07) is 14.6. The second-order valence-electron chi connectivity index (χ2n) is 3.72. The van der Waals surface area contributed by atoms with Crippen molar-refractivity contribution in [2.24, 2.45) is 0 Å². The Hall–Kier alpha value is -1.83. The largest absolute Gasteiger partial charge is 0.326 e. The van der Waals surface area contributed by atoms with Crippen LogP contribution in [0.25, 0.3) is 0 Å². The van der Waals surface area contributed by atoms with Crippen LogP contribution in [0.2, 0.25) is 0 Å². The molecule has 2 heterocycles. The second-order valence-corrected chi connectivity index (χ2v) is 3.72. The molecule has 74 valence electrons. The lowest BCUT2D eigenvalue weighted by Crippen LogP contribution is -2.13. The van der Waals surface area contributed by atoms with E-state index in [-0.39, 0.29) is 0 Å². The second kappa shape index (κ2) is 3.39. The molecular weight excluding hydrogens is 184 g/mol. The first kappa shape index (κ1) is 8.48. The molecule has 2 nitrogen and oxygen atoms in total. The molecule has 0 fully saturated rings. The molecule has 1 aromatic heterocycles. The van der Waals surface area contributed by atoms with Gasteiger partial charge < -0.3 is 4.90 Å². The lowest BCUT2D eigenvalue weighted by molar-refractivity contribution is 0.990. The van der Waals surface area contributed by atoms with E-state index >= 15 is 0 Å². The Labute approximate surface area is 89.2 Å². The minimum atomic E-state index is 1.04. The number of nitrogens with zero attached hydrogens (tertiary/aromatic N) is 2. The number of benzene rings is 1. The number of hydrogen-bond acceptors (Lipinski definition) is 2. The third-order valence-electron chi connectivity index (χ3n) is 2.80. The van der Waals surface area contributed by atoms with Crippen molar-refractivity contribution in [3.8, 4) is 0 Å². The van der Waals surface area contributed by atoms with E-state index in [9.17, 15) is 0 Å². The van der Waals surface area contributed by atoms with Gasteiger partial charge in [0.15, 0.2) is 0 Å². The van der Waals surface area contributed by atoms with Crippen molar-refractivity contribution in [3.05, 3.63) is 54.2 Å². The van der Waals surface area contributed by atoms with Gasteiger partial charge in [0.1, 0.15) is 5.82 Å². The van der Waals surface area contributed by atoms with Crippen LogP contribution in [-0.4, -0.2) is 11.5 Å². The van der Waals surface area contributed by atoms with Crippen LogP contribution >= 0.6 is 0 Å². The van der Waals surface area contributed by atoms with Gasteiger partial charge in [0.2, 0.25) is 0 Å². The number of hydrogen-bond donors (Lipinski definition) is 0. The molecule has 0 spiro atoms. The van der Waals surface area contributed by atoms with E-state index in [0.717, 1.165) is 18.8 Å². The topological polar surface area (TPSA) is 16.1 Å². The number of aromatic nitrogens is 1. The predicted octanol–water partition coefficient (Wildman–Crippen LogP) is 2.78. The van der Waals surface area contributed by atoms with Crippen LogP contribution < -0.4 is 4.90 Å². The Balaban J connectivity index is 2.05. The quantitative estimate of drug-likeness (QED) is 0.697. The number of para-hydroxylation sites is 1. The molecule has 0 bridgehead atoms. The van der Waals surface area contributed by atoms with E-state index < -0.39 is 0 Å². The lowest BCUT2D eigenvalue weighted by Gasteiger charge is -2.17. The third-order valence-corrected chi connectivity index (χ3v) is 2.80. The zero-order valence-corrected chi connectivity index (χ0v) is 8.43. The summed E-state index contributed by atoms with van der Waals surface area (Å²) in [7, 11) is 0. The molecule has 3 rings (SSSR count). The van der Waals surface area contributed by atoms with E-state index in [0.29, 0.717) is 0 Å². The van der Waals surface area contributed by atoms with E-state index in [1.54, 1.807) is 0 Å². The van der Waals surface area contributed by atoms with Gasteiger partial charge in [-0.2, -0.15) is 0 Å². The van der Waals surface area contributed by atoms with Gasteiger partial charge in [-0.05, 0) is 30.2 Å². The third kappa shape index (κ3) is 1.38. The first-order valence-electron chi connectivity index (χ1n) is 5.21. The molecule has 0 saturated heterocycles. The summed E-state index contributed by atoms with van der Waals surface area (Å²) in [5.74, 6) is 1.11. The molecule has 0 saturated carbocycles. The van der Waals surface area contributed by atoms with Gasteiger partial charge in [-0.1, -0.05) is 24.3 Å². The highest BCUT2D eigenvalue weighted by Gasteiger charge is 2.20. The Bertz CT molecular complexity index is 465. The number of pyridine rings is 1. The predicted molar refractivity (Wildman–Crippen MR) is 61.4 cm³/mol. The summed E-state index contributed by atoms with van der Waals surface area (Å²) in [4.78, 5) is 6.72. The summed E-state index contributed by atoms with van der Waals surface area (Å²) in [5.41, 5.74) is 2.58. The van der Waals surface area contributed by atoms with Gasteiger partial charge in [-0.15, -0.1) is 0 Å². The summed E-state index contributed by atoms with van der Waals surface area (Å²) >= 11 is 0. The smallest absolute Gasteiger partial charge is 0.136 e. The Morgan fingerprint density at radius 3 is 2.73 bits per heavy atom. The molecule has 2 heteroatoms. The van der Waals surface area contributed by atoms with Crippen LogP contribution in [0.15, 0.2) is 48.7 Å². The highest BCUT2D eigenvalue weighted by Crippen LogP contribution is 2.31. The molecule has 0 amide bonds. The van der Waals surface area contributed by atoms with Crippen molar-refractivity contribution in [2.45, 2.75) is 6.42 Å². The lowest BCUT2D eigenvalue weighted by atomic mass is 10.2. The molecule has 0 atom stereocenters. The Kier molecular flexibility index (Phi) is 1.91. The fourth-order valence-corrected chi connectivity index (χ4v) is 2.07. The fourth-order valence-electron chi connectivity index (χ4n) is 2.07.